The van der Waals surface area contributed by atoms with Gasteiger partial charge in [-0.25, -0.2) is 0 Å². The Hall–Kier alpha value is -1.59. The Morgan fingerprint density at radius 1 is 1.35 bits per heavy atom. The fraction of sp³-hybridized carbons (Fsp3) is 0.611. The largest absolute Gasteiger partial charge is 0.508 e. The van der Waals surface area contributed by atoms with Crippen LogP contribution in [0.5, 0.6) is 5.75 Å². The van der Waals surface area contributed by atoms with Gasteiger partial charge in [0, 0.05) is 31.7 Å². The van der Waals surface area contributed by atoms with E-state index in [2.05, 4.69) is 11.9 Å². The van der Waals surface area contributed by atoms with E-state index < -0.39 is 0 Å². The highest BCUT2D eigenvalue weighted by Crippen LogP contribution is 2.30. The number of ether oxygens (including phenoxy) is 1. The second-order valence-corrected chi connectivity index (χ2v) is 6.80. The Balaban J connectivity index is 1.63. The van der Waals surface area contributed by atoms with Gasteiger partial charge >= 0.3 is 0 Å². The van der Waals surface area contributed by atoms with E-state index in [0.29, 0.717) is 18.0 Å². The van der Waals surface area contributed by atoms with Crippen LogP contribution < -0.4 is 0 Å². The van der Waals surface area contributed by atoms with Crippen molar-refractivity contribution < 1.29 is 14.6 Å². The molecule has 1 aromatic rings. The van der Waals surface area contributed by atoms with Crippen LogP contribution >= 0.6 is 0 Å². The first kappa shape index (κ1) is 16.3. The van der Waals surface area contributed by atoms with Gasteiger partial charge in [0.25, 0.3) is 0 Å². The molecule has 1 aliphatic carbocycles. The van der Waals surface area contributed by atoms with E-state index in [1.807, 2.05) is 17.0 Å². The molecule has 1 heterocycles. The Bertz CT molecular complexity index is 545. The minimum atomic E-state index is 0.0789. The first-order valence-corrected chi connectivity index (χ1v) is 8.46. The van der Waals surface area contributed by atoms with Crippen molar-refractivity contribution in [2.45, 2.75) is 25.4 Å². The normalized spacial score (nSPS) is 22.0. The van der Waals surface area contributed by atoms with Crippen LogP contribution in [0.4, 0.5) is 0 Å². The van der Waals surface area contributed by atoms with Crippen molar-refractivity contribution in [3.05, 3.63) is 29.8 Å². The Morgan fingerprint density at radius 2 is 2.13 bits per heavy atom. The second kappa shape index (κ2) is 7.32. The molecule has 5 nitrogen and oxygen atoms in total. The molecule has 1 amide bonds. The first-order valence-electron chi connectivity index (χ1n) is 8.46. The molecule has 2 aliphatic rings. The number of carbonyl (C=O) groups excluding carboxylic acids is 1. The molecule has 0 bridgehead atoms. The van der Waals surface area contributed by atoms with Gasteiger partial charge in [0.15, 0.2) is 0 Å². The van der Waals surface area contributed by atoms with Gasteiger partial charge in [0.1, 0.15) is 5.75 Å². The summed E-state index contributed by atoms with van der Waals surface area (Å²) in [6.45, 7) is 4.01. The summed E-state index contributed by atoms with van der Waals surface area (Å²) in [6, 6.07) is 7.07. The number of para-hydroxylation sites is 1. The SMILES string of the molecule is CN1CCO[C@@H](CN(CC2CC2)C(=O)Cc2ccccc2O)C1. The van der Waals surface area contributed by atoms with E-state index in [1.165, 1.54) is 12.8 Å². The van der Waals surface area contributed by atoms with Crippen molar-refractivity contribution in [2.24, 2.45) is 5.92 Å². The molecule has 0 spiro atoms. The molecule has 0 aromatic heterocycles. The molecular formula is C18H26N2O3. The average molecular weight is 318 g/mol. The van der Waals surface area contributed by atoms with E-state index >= 15 is 0 Å². The fourth-order valence-corrected chi connectivity index (χ4v) is 3.05. The standard InChI is InChI=1S/C18H26N2O3/c1-19-8-9-23-16(12-19)13-20(11-14-6-7-14)18(22)10-15-4-2-3-5-17(15)21/h2-5,14,16,21H,6-13H2,1H3/t16-/m1/s1. The monoisotopic (exact) mass is 318 g/mol. The number of rotatable bonds is 6. The topological polar surface area (TPSA) is 53.0 Å². The third kappa shape index (κ3) is 4.69. The molecule has 1 aromatic carbocycles. The zero-order chi connectivity index (χ0) is 16.2. The summed E-state index contributed by atoms with van der Waals surface area (Å²) >= 11 is 0. The van der Waals surface area contributed by atoms with Crippen molar-refractivity contribution in [3.63, 3.8) is 0 Å². The van der Waals surface area contributed by atoms with Crippen LogP contribution in [0.15, 0.2) is 24.3 Å². The van der Waals surface area contributed by atoms with E-state index in [4.69, 9.17) is 4.74 Å². The molecule has 126 valence electrons. The third-order valence-corrected chi connectivity index (χ3v) is 4.63. The maximum Gasteiger partial charge on any atom is 0.227 e. The molecule has 0 radical (unpaired) electrons. The number of amides is 1. The number of likely N-dealkylation sites (N-methyl/N-ethyl adjacent to an activating group) is 1. The zero-order valence-electron chi connectivity index (χ0n) is 13.8. The number of nitrogens with zero attached hydrogens (tertiary/aromatic N) is 2. The maximum atomic E-state index is 12.7. The molecule has 1 atom stereocenters. The maximum absolute atomic E-state index is 12.7. The molecule has 5 heteroatoms. The molecule has 23 heavy (non-hydrogen) atoms. The number of aromatic hydroxyl groups is 1. The van der Waals surface area contributed by atoms with Crippen molar-refractivity contribution in [1.29, 1.82) is 0 Å². The molecule has 1 N–H and O–H groups in total. The lowest BCUT2D eigenvalue weighted by Gasteiger charge is -2.34. The summed E-state index contributed by atoms with van der Waals surface area (Å²) in [5.41, 5.74) is 0.694. The number of hydrogen-bond acceptors (Lipinski definition) is 4. The second-order valence-electron chi connectivity index (χ2n) is 6.80. The van der Waals surface area contributed by atoms with Gasteiger partial charge in [0.05, 0.1) is 19.1 Å². The van der Waals surface area contributed by atoms with Gasteiger partial charge in [-0.05, 0) is 31.9 Å². The molecule has 2 fully saturated rings. The quantitative estimate of drug-likeness (QED) is 0.864. The lowest BCUT2D eigenvalue weighted by atomic mass is 10.1. The van der Waals surface area contributed by atoms with Crippen LogP contribution in [0.2, 0.25) is 0 Å². The minimum Gasteiger partial charge on any atom is -0.508 e. The van der Waals surface area contributed by atoms with Gasteiger partial charge in [-0.15, -0.1) is 0 Å². The average Bonchev–Trinajstić information content (AvgIpc) is 3.33. The Labute approximate surface area is 137 Å². The predicted molar refractivity (Wildman–Crippen MR) is 88.4 cm³/mol. The van der Waals surface area contributed by atoms with Gasteiger partial charge in [-0.3, -0.25) is 4.79 Å². The van der Waals surface area contributed by atoms with E-state index in [0.717, 1.165) is 26.2 Å². The number of carbonyl (C=O) groups is 1. The summed E-state index contributed by atoms with van der Waals surface area (Å²) in [4.78, 5) is 16.9. The number of morpholine rings is 1. The highest BCUT2D eigenvalue weighted by molar-refractivity contribution is 5.79. The first-order chi connectivity index (χ1) is 11.1. The van der Waals surface area contributed by atoms with E-state index in [-0.39, 0.29) is 24.2 Å². The molecular weight excluding hydrogens is 292 g/mol. The van der Waals surface area contributed by atoms with Crippen LogP contribution in [-0.2, 0) is 16.0 Å². The molecule has 1 aliphatic heterocycles. The lowest BCUT2D eigenvalue weighted by molar-refractivity contribution is -0.134. The van der Waals surface area contributed by atoms with Crippen LogP contribution in [0.25, 0.3) is 0 Å². The van der Waals surface area contributed by atoms with Crippen molar-refractivity contribution in [2.75, 3.05) is 39.8 Å². The third-order valence-electron chi connectivity index (χ3n) is 4.63. The van der Waals surface area contributed by atoms with E-state index in [1.54, 1.807) is 12.1 Å². The number of benzene rings is 1. The van der Waals surface area contributed by atoms with Gasteiger partial charge < -0.3 is 19.6 Å². The summed E-state index contributed by atoms with van der Waals surface area (Å²) in [5.74, 6) is 0.917. The molecule has 0 unspecified atom stereocenters. The highest BCUT2D eigenvalue weighted by Gasteiger charge is 2.30. The van der Waals surface area contributed by atoms with Crippen molar-refractivity contribution >= 4 is 5.91 Å². The number of phenolic OH excluding ortho intramolecular Hbond substituents is 1. The van der Waals surface area contributed by atoms with Crippen LogP contribution in [0.1, 0.15) is 18.4 Å². The van der Waals surface area contributed by atoms with Crippen LogP contribution in [-0.4, -0.2) is 66.8 Å². The minimum absolute atomic E-state index is 0.0789. The summed E-state index contributed by atoms with van der Waals surface area (Å²) in [6.07, 6.45) is 2.76. The fourth-order valence-electron chi connectivity index (χ4n) is 3.05. The van der Waals surface area contributed by atoms with Gasteiger partial charge in [0.2, 0.25) is 5.91 Å². The molecule has 1 saturated heterocycles. The molecule has 3 rings (SSSR count). The van der Waals surface area contributed by atoms with Gasteiger partial charge in [-0.1, -0.05) is 18.2 Å². The van der Waals surface area contributed by atoms with E-state index in [9.17, 15) is 9.90 Å². The van der Waals surface area contributed by atoms with Crippen LogP contribution in [0, 0.1) is 5.92 Å². The summed E-state index contributed by atoms with van der Waals surface area (Å²) in [5, 5.41) is 9.89. The van der Waals surface area contributed by atoms with Crippen molar-refractivity contribution in [1.82, 2.24) is 9.80 Å². The summed E-state index contributed by atoms with van der Waals surface area (Å²) < 4.78 is 5.82. The van der Waals surface area contributed by atoms with Crippen LogP contribution in [0.3, 0.4) is 0 Å². The van der Waals surface area contributed by atoms with Crippen molar-refractivity contribution in [3.8, 4) is 5.75 Å². The Morgan fingerprint density at radius 3 is 2.83 bits per heavy atom. The lowest BCUT2D eigenvalue weighted by Crippen LogP contribution is -2.48. The zero-order valence-corrected chi connectivity index (χ0v) is 13.8. The summed E-state index contributed by atoms with van der Waals surface area (Å²) in [7, 11) is 2.09. The molecule has 1 saturated carbocycles. The number of hydrogen-bond donors (Lipinski definition) is 1. The Kier molecular flexibility index (Phi) is 5.18. The van der Waals surface area contributed by atoms with Gasteiger partial charge in [-0.2, -0.15) is 0 Å². The highest BCUT2D eigenvalue weighted by atomic mass is 16.5. The number of phenols is 1. The smallest absolute Gasteiger partial charge is 0.227 e. The predicted octanol–water partition coefficient (Wildman–Crippen LogP) is 1.50.